The molecule has 0 aliphatic heterocycles. The summed E-state index contributed by atoms with van der Waals surface area (Å²) in [5.41, 5.74) is 2.13. The van der Waals surface area contributed by atoms with Crippen molar-refractivity contribution < 1.29 is 4.39 Å². The van der Waals surface area contributed by atoms with Crippen molar-refractivity contribution in [1.29, 1.82) is 0 Å². The van der Waals surface area contributed by atoms with E-state index in [1.165, 1.54) is 17.0 Å². The first-order valence-corrected chi connectivity index (χ1v) is 8.60. The average molecular weight is 371 g/mol. The molecule has 1 aromatic heterocycles. The predicted octanol–water partition coefficient (Wildman–Crippen LogP) is 5.16. The third kappa shape index (κ3) is 4.34. The molecule has 0 atom stereocenters. The standard InChI is InChI=1S/C16H20BrFN2S/c1-5-13-14(9-19-16(2,3)4)21-15(20-13)11-7-6-10(18)8-12(11)17/h6-8,19H,5,9H2,1-4H3. The van der Waals surface area contributed by atoms with Crippen LogP contribution in [0.1, 0.15) is 38.3 Å². The van der Waals surface area contributed by atoms with E-state index in [9.17, 15) is 4.39 Å². The molecule has 0 aliphatic carbocycles. The lowest BCUT2D eigenvalue weighted by atomic mass is 10.1. The number of halogens is 2. The molecule has 5 heteroatoms. The Hall–Kier alpha value is -0.780. The van der Waals surface area contributed by atoms with Crippen molar-refractivity contribution >= 4 is 27.3 Å². The molecule has 2 nitrogen and oxygen atoms in total. The number of aryl methyl sites for hydroxylation is 1. The van der Waals surface area contributed by atoms with Crippen molar-refractivity contribution in [2.45, 2.75) is 46.2 Å². The highest BCUT2D eigenvalue weighted by molar-refractivity contribution is 9.10. The van der Waals surface area contributed by atoms with Crippen LogP contribution in [0.4, 0.5) is 4.39 Å². The van der Waals surface area contributed by atoms with Gasteiger partial charge in [-0.3, -0.25) is 0 Å². The summed E-state index contributed by atoms with van der Waals surface area (Å²) in [7, 11) is 0. The molecule has 0 amide bonds. The van der Waals surface area contributed by atoms with Gasteiger partial charge in [0.15, 0.2) is 0 Å². The molecule has 0 saturated carbocycles. The Bertz CT molecular complexity index is 632. The van der Waals surface area contributed by atoms with Crippen molar-refractivity contribution in [2.75, 3.05) is 0 Å². The van der Waals surface area contributed by atoms with E-state index < -0.39 is 0 Å². The Labute approximate surface area is 137 Å². The van der Waals surface area contributed by atoms with E-state index in [0.29, 0.717) is 0 Å². The van der Waals surface area contributed by atoms with Gasteiger partial charge in [0, 0.05) is 27.0 Å². The van der Waals surface area contributed by atoms with Gasteiger partial charge in [0.25, 0.3) is 0 Å². The van der Waals surface area contributed by atoms with Crippen LogP contribution in [-0.2, 0) is 13.0 Å². The lowest BCUT2D eigenvalue weighted by Gasteiger charge is -2.20. The summed E-state index contributed by atoms with van der Waals surface area (Å²) in [6.45, 7) is 9.37. The fraction of sp³-hybridized carbons (Fsp3) is 0.438. The van der Waals surface area contributed by atoms with E-state index in [2.05, 4.69) is 48.9 Å². The number of aromatic nitrogens is 1. The van der Waals surface area contributed by atoms with Gasteiger partial charge >= 0.3 is 0 Å². The van der Waals surface area contributed by atoms with Gasteiger partial charge in [-0.05, 0) is 61.3 Å². The average Bonchev–Trinajstić information content (AvgIpc) is 2.78. The Morgan fingerprint density at radius 1 is 1.33 bits per heavy atom. The van der Waals surface area contributed by atoms with E-state index in [0.717, 1.165) is 33.7 Å². The summed E-state index contributed by atoms with van der Waals surface area (Å²) in [6, 6.07) is 4.73. The largest absolute Gasteiger partial charge is 0.307 e. The Balaban J connectivity index is 2.31. The van der Waals surface area contributed by atoms with E-state index in [1.807, 2.05) is 0 Å². The van der Waals surface area contributed by atoms with Crippen LogP contribution < -0.4 is 5.32 Å². The van der Waals surface area contributed by atoms with Crippen LogP contribution >= 0.6 is 27.3 Å². The minimum atomic E-state index is -0.243. The van der Waals surface area contributed by atoms with Gasteiger partial charge in [-0.2, -0.15) is 0 Å². The summed E-state index contributed by atoms with van der Waals surface area (Å²) in [5.74, 6) is -0.243. The fourth-order valence-corrected chi connectivity index (χ4v) is 3.72. The van der Waals surface area contributed by atoms with Crippen LogP contribution in [0, 0.1) is 5.82 Å². The van der Waals surface area contributed by atoms with Crippen LogP contribution in [-0.4, -0.2) is 10.5 Å². The molecular weight excluding hydrogens is 351 g/mol. The molecule has 1 aromatic carbocycles. The third-order valence-corrected chi connectivity index (χ3v) is 4.84. The minimum absolute atomic E-state index is 0.0750. The predicted molar refractivity (Wildman–Crippen MR) is 91.2 cm³/mol. The SMILES string of the molecule is CCc1nc(-c2ccc(F)cc2Br)sc1CNC(C)(C)C. The van der Waals surface area contributed by atoms with Gasteiger partial charge in [-0.25, -0.2) is 9.37 Å². The van der Waals surface area contributed by atoms with Crippen LogP contribution in [0.2, 0.25) is 0 Å². The highest BCUT2D eigenvalue weighted by Crippen LogP contribution is 2.34. The van der Waals surface area contributed by atoms with Gasteiger partial charge < -0.3 is 5.32 Å². The van der Waals surface area contributed by atoms with Crippen LogP contribution in [0.25, 0.3) is 10.6 Å². The molecule has 0 radical (unpaired) electrons. The molecule has 0 aliphatic rings. The van der Waals surface area contributed by atoms with Crippen LogP contribution in [0.15, 0.2) is 22.7 Å². The molecule has 114 valence electrons. The van der Waals surface area contributed by atoms with Crippen LogP contribution in [0.5, 0.6) is 0 Å². The van der Waals surface area contributed by atoms with E-state index in [4.69, 9.17) is 4.98 Å². The Morgan fingerprint density at radius 2 is 2.05 bits per heavy atom. The lowest BCUT2D eigenvalue weighted by Crippen LogP contribution is -2.35. The molecule has 21 heavy (non-hydrogen) atoms. The topological polar surface area (TPSA) is 24.9 Å². The number of rotatable bonds is 4. The molecule has 2 rings (SSSR count). The minimum Gasteiger partial charge on any atom is -0.307 e. The molecule has 0 spiro atoms. The molecule has 2 aromatic rings. The zero-order valence-electron chi connectivity index (χ0n) is 12.8. The summed E-state index contributed by atoms with van der Waals surface area (Å²) in [6.07, 6.45) is 0.899. The smallest absolute Gasteiger partial charge is 0.125 e. The molecule has 0 saturated heterocycles. The van der Waals surface area contributed by atoms with E-state index in [1.54, 1.807) is 17.4 Å². The monoisotopic (exact) mass is 370 g/mol. The second kappa shape index (κ2) is 6.55. The number of nitrogens with zero attached hydrogens (tertiary/aromatic N) is 1. The zero-order valence-corrected chi connectivity index (χ0v) is 15.2. The first kappa shape index (κ1) is 16.6. The fourth-order valence-electron chi connectivity index (χ4n) is 1.92. The molecule has 1 N–H and O–H groups in total. The number of nitrogens with one attached hydrogen (secondary N) is 1. The van der Waals surface area contributed by atoms with Crippen molar-refractivity contribution in [3.8, 4) is 10.6 Å². The molecular formula is C16H20BrFN2S. The second-order valence-electron chi connectivity index (χ2n) is 5.97. The molecule has 1 heterocycles. The lowest BCUT2D eigenvalue weighted by molar-refractivity contribution is 0.425. The number of hydrogen-bond acceptors (Lipinski definition) is 3. The van der Waals surface area contributed by atoms with Crippen molar-refractivity contribution in [2.24, 2.45) is 0 Å². The number of benzene rings is 1. The zero-order chi connectivity index (χ0) is 15.6. The first-order valence-electron chi connectivity index (χ1n) is 6.99. The number of thiazole rings is 1. The van der Waals surface area contributed by atoms with Crippen LogP contribution in [0.3, 0.4) is 0 Å². The van der Waals surface area contributed by atoms with Gasteiger partial charge in [0.05, 0.1) is 5.69 Å². The first-order chi connectivity index (χ1) is 9.80. The van der Waals surface area contributed by atoms with Crippen molar-refractivity contribution in [1.82, 2.24) is 10.3 Å². The highest BCUT2D eigenvalue weighted by atomic mass is 79.9. The van der Waals surface area contributed by atoms with Gasteiger partial charge in [0.2, 0.25) is 0 Å². The maximum atomic E-state index is 13.2. The summed E-state index contributed by atoms with van der Waals surface area (Å²) in [5, 5.41) is 4.43. The molecule has 0 bridgehead atoms. The maximum Gasteiger partial charge on any atom is 0.125 e. The Morgan fingerprint density at radius 3 is 2.62 bits per heavy atom. The highest BCUT2D eigenvalue weighted by Gasteiger charge is 2.16. The normalized spacial score (nSPS) is 11.9. The van der Waals surface area contributed by atoms with Crippen molar-refractivity contribution in [3.05, 3.63) is 39.1 Å². The van der Waals surface area contributed by atoms with Gasteiger partial charge in [0.1, 0.15) is 10.8 Å². The number of hydrogen-bond donors (Lipinski definition) is 1. The molecule has 0 fully saturated rings. The van der Waals surface area contributed by atoms with E-state index in [-0.39, 0.29) is 11.4 Å². The summed E-state index contributed by atoms with van der Waals surface area (Å²) in [4.78, 5) is 5.96. The maximum absolute atomic E-state index is 13.2. The Kier molecular flexibility index (Phi) is 5.17. The van der Waals surface area contributed by atoms with E-state index >= 15 is 0 Å². The van der Waals surface area contributed by atoms with Gasteiger partial charge in [-0.1, -0.05) is 6.92 Å². The van der Waals surface area contributed by atoms with Gasteiger partial charge in [-0.15, -0.1) is 11.3 Å². The van der Waals surface area contributed by atoms with Crippen molar-refractivity contribution in [3.63, 3.8) is 0 Å². The molecule has 0 unspecified atom stereocenters. The quantitative estimate of drug-likeness (QED) is 0.803. The third-order valence-electron chi connectivity index (χ3n) is 3.05. The second-order valence-corrected chi connectivity index (χ2v) is 7.91. The summed E-state index contributed by atoms with van der Waals surface area (Å²) >= 11 is 5.09. The summed E-state index contributed by atoms with van der Waals surface area (Å²) < 4.78 is 14.0.